The summed E-state index contributed by atoms with van der Waals surface area (Å²) in [6.07, 6.45) is 5.40. The van der Waals surface area contributed by atoms with E-state index in [1.54, 1.807) is 6.07 Å². The predicted octanol–water partition coefficient (Wildman–Crippen LogP) is 1.21. The SMILES string of the molecule is NS(=O)(=O)c1ccc(CNCC2(C3CC3)CC2)o1. The minimum absolute atomic E-state index is 0.164. The van der Waals surface area contributed by atoms with Crippen molar-refractivity contribution in [2.24, 2.45) is 16.5 Å². The van der Waals surface area contributed by atoms with Gasteiger partial charge in [-0.25, -0.2) is 13.6 Å². The number of rotatable bonds is 6. The lowest BCUT2D eigenvalue weighted by Crippen LogP contribution is -2.24. The highest BCUT2D eigenvalue weighted by atomic mass is 32.2. The van der Waals surface area contributed by atoms with Crippen molar-refractivity contribution < 1.29 is 12.8 Å². The second kappa shape index (κ2) is 4.08. The summed E-state index contributed by atoms with van der Waals surface area (Å²) in [6, 6.07) is 3.06. The molecule has 0 radical (unpaired) electrons. The third-order valence-corrected chi connectivity index (χ3v) is 4.81. The molecule has 1 heterocycles. The number of furan rings is 1. The van der Waals surface area contributed by atoms with Crippen molar-refractivity contribution in [3.8, 4) is 0 Å². The van der Waals surface area contributed by atoms with Crippen LogP contribution in [0.15, 0.2) is 21.6 Å². The Morgan fingerprint density at radius 3 is 2.61 bits per heavy atom. The summed E-state index contributed by atoms with van der Waals surface area (Å²) < 4.78 is 27.3. The average molecular weight is 270 g/mol. The van der Waals surface area contributed by atoms with E-state index in [1.165, 1.54) is 31.7 Å². The zero-order chi connectivity index (χ0) is 12.8. The fourth-order valence-electron chi connectivity index (χ4n) is 2.63. The monoisotopic (exact) mass is 270 g/mol. The summed E-state index contributed by atoms with van der Waals surface area (Å²) in [5.74, 6) is 1.53. The lowest BCUT2D eigenvalue weighted by molar-refractivity contribution is 0.368. The Hall–Kier alpha value is -0.850. The van der Waals surface area contributed by atoms with Crippen LogP contribution in [-0.4, -0.2) is 15.0 Å². The van der Waals surface area contributed by atoms with Gasteiger partial charge in [-0.1, -0.05) is 0 Å². The molecular formula is C12H18N2O3S. The normalized spacial score (nSPS) is 22.1. The smallest absolute Gasteiger partial charge is 0.271 e. The average Bonchev–Trinajstić information content (AvgIpc) is 3.16. The van der Waals surface area contributed by atoms with Crippen LogP contribution in [0.2, 0.25) is 0 Å². The van der Waals surface area contributed by atoms with Crippen LogP contribution in [0.4, 0.5) is 0 Å². The van der Waals surface area contributed by atoms with Gasteiger partial charge in [0.1, 0.15) is 5.76 Å². The topological polar surface area (TPSA) is 85.3 Å². The van der Waals surface area contributed by atoms with E-state index in [2.05, 4.69) is 5.32 Å². The van der Waals surface area contributed by atoms with Crippen LogP contribution in [0, 0.1) is 11.3 Å². The standard InChI is InChI=1S/C12H18N2O3S/c13-18(15,16)11-4-3-10(17-11)7-14-8-12(5-6-12)9-1-2-9/h3-4,9,14H,1-2,5-8H2,(H2,13,15,16). The van der Waals surface area contributed by atoms with E-state index in [-0.39, 0.29) is 5.09 Å². The van der Waals surface area contributed by atoms with Crippen LogP contribution in [0.5, 0.6) is 0 Å². The number of sulfonamides is 1. The summed E-state index contributed by atoms with van der Waals surface area (Å²) in [6.45, 7) is 1.56. The highest BCUT2D eigenvalue weighted by Crippen LogP contribution is 2.60. The van der Waals surface area contributed by atoms with Crippen molar-refractivity contribution in [2.45, 2.75) is 37.3 Å². The molecule has 0 spiro atoms. The van der Waals surface area contributed by atoms with Crippen molar-refractivity contribution in [2.75, 3.05) is 6.54 Å². The Morgan fingerprint density at radius 2 is 2.11 bits per heavy atom. The number of nitrogens with one attached hydrogen (secondary N) is 1. The van der Waals surface area contributed by atoms with Gasteiger partial charge in [0.15, 0.2) is 0 Å². The van der Waals surface area contributed by atoms with Crippen molar-refractivity contribution in [3.63, 3.8) is 0 Å². The molecule has 0 aliphatic heterocycles. The van der Waals surface area contributed by atoms with Gasteiger partial charge in [-0.2, -0.15) is 0 Å². The molecule has 3 N–H and O–H groups in total. The third kappa shape index (κ3) is 2.46. The van der Waals surface area contributed by atoms with Crippen molar-refractivity contribution in [3.05, 3.63) is 17.9 Å². The van der Waals surface area contributed by atoms with E-state index in [1.807, 2.05) is 0 Å². The second-order valence-corrected chi connectivity index (χ2v) is 7.00. The molecule has 0 saturated heterocycles. The Balaban J connectivity index is 1.53. The van der Waals surface area contributed by atoms with Crippen molar-refractivity contribution in [1.29, 1.82) is 0 Å². The molecule has 18 heavy (non-hydrogen) atoms. The van der Waals surface area contributed by atoms with E-state index in [4.69, 9.17) is 9.56 Å². The first kappa shape index (κ1) is 12.2. The molecule has 5 nitrogen and oxygen atoms in total. The van der Waals surface area contributed by atoms with E-state index in [0.29, 0.717) is 17.7 Å². The van der Waals surface area contributed by atoms with Gasteiger partial charge in [-0.15, -0.1) is 0 Å². The molecule has 2 aliphatic rings. The number of primary sulfonamides is 1. The molecule has 1 aromatic heterocycles. The first-order valence-electron chi connectivity index (χ1n) is 6.32. The zero-order valence-electron chi connectivity index (χ0n) is 10.2. The lowest BCUT2D eigenvalue weighted by atomic mass is 10.0. The Labute approximate surface area is 107 Å². The summed E-state index contributed by atoms with van der Waals surface area (Å²) in [4.78, 5) is 0. The molecule has 0 bridgehead atoms. The van der Waals surface area contributed by atoms with E-state index in [9.17, 15) is 8.42 Å². The molecule has 0 amide bonds. The van der Waals surface area contributed by atoms with E-state index >= 15 is 0 Å². The molecule has 0 aromatic carbocycles. The fraction of sp³-hybridized carbons (Fsp3) is 0.667. The second-order valence-electron chi connectivity index (χ2n) is 5.51. The van der Waals surface area contributed by atoms with Crippen LogP contribution in [-0.2, 0) is 16.6 Å². The van der Waals surface area contributed by atoms with Gasteiger partial charge in [0.2, 0.25) is 5.09 Å². The Morgan fingerprint density at radius 1 is 1.39 bits per heavy atom. The molecule has 6 heteroatoms. The highest BCUT2D eigenvalue weighted by Gasteiger charge is 2.53. The van der Waals surface area contributed by atoms with Crippen LogP contribution in [0.3, 0.4) is 0 Å². The van der Waals surface area contributed by atoms with Gasteiger partial charge in [0, 0.05) is 6.54 Å². The molecule has 2 saturated carbocycles. The molecule has 0 atom stereocenters. The number of nitrogens with two attached hydrogens (primary N) is 1. The molecule has 0 unspecified atom stereocenters. The minimum atomic E-state index is -3.72. The van der Waals surface area contributed by atoms with Crippen molar-refractivity contribution in [1.82, 2.24) is 5.32 Å². The van der Waals surface area contributed by atoms with Gasteiger partial charge < -0.3 is 9.73 Å². The quantitative estimate of drug-likeness (QED) is 0.813. The van der Waals surface area contributed by atoms with Crippen LogP contribution in [0.1, 0.15) is 31.4 Å². The first-order chi connectivity index (χ1) is 8.50. The molecule has 3 rings (SSSR count). The van der Waals surface area contributed by atoms with Gasteiger partial charge in [-0.05, 0) is 49.1 Å². The minimum Gasteiger partial charge on any atom is -0.447 e. The summed E-state index contributed by atoms with van der Waals surface area (Å²) in [7, 11) is -3.72. The Kier molecular flexibility index (Phi) is 2.76. The van der Waals surface area contributed by atoms with Crippen molar-refractivity contribution >= 4 is 10.0 Å². The fourth-order valence-corrected chi connectivity index (χ4v) is 3.11. The van der Waals surface area contributed by atoms with Gasteiger partial charge in [0.25, 0.3) is 10.0 Å². The summed E-state index contributed by atoms with van der Waals surface area (Å²) in [5, 5.41) is 8.18. The Bertz CT molecular complexity index is 541. The molecule has 1 aromatic rings. The number of hydrogen-bond acceptors (Lipinski definition) is 4. The van der Waals surface area contributed by atoms with Crippen LogP contribution in [0.25, 0.3) is 0 Å². The molecule has 2 aliphatic carbocycles. The van der Waals surface area contributed by atoms with Crippen LogP contribution < -0.4 is 10.5 Å². The highest BCUT2D eigenvalue weighted by molar-refractivity contribution is 7.89. The van der Waals surface area contributed by atoms with Gasteiger partial charge in [-0.3, -0.25) is 0 Å². The molecular weight excluding hydrogens is 252 g/mol. The van der Waals surface area contributed by atoms with E-state index < -0.39 is 10.0 Å². The number of hydrogen-bond donors (Lipinski definition) is 2. The molecule has 2 fully saturated rings. The maximum atomic E-state index is 11.1. The summed E-state index contributed by atoms with van der Waals surface area (Å²) >= 11 is 0. The largest absolute Gasteiger partial charge is 0.447 e. The third-order valence-electron chi connectivity index (χ3n) is 4.03. The summed E-state index contributed by atoms with van der Waals surface area (Å²) in [5.41, 5.74) is 0.537. The van der Waals surface area contributed by atoms with Gasteiger partial charge >= 0.3 is 0 Å². The predicted molar refractivity (Wildman–Crippen MR) is 66.2 cm³/mol. The zero-order valence-corrected chi connectivity index (χ0v) is 11.0. The van der Waals surface area contributed by atoms with Crippen LogP contribution >= 0.6 is 0 Å². The maximum Gasteiger partial charge on any atom is 0.271 e. The van der Waals surface area contributed by atoms with E-state index in [0.717, 1.165) is 12.5 Å². The maximum absolute atomic E-state index is 11.1. The lowest BCUT2D eigenvalue weighted by Gasteiger charge is -2.14. The molecule has 100 valence electrons. The first-order valence-corrected chi connectivity index (χ1v) is 7.86. The van der Waals surface area contributed by atoms with Gasteiger partial charge in [0.05, 0.1) is 6.54 Å².